The van der Waals surface area contributed by atoms with Crippen molar-refractivity contribution in [2.45, 2.75) is 31.8 Å². The molecule has 1 saturated carbocycles. The van der Waals surface area contributed by atoms with Crippen LogP contribution in [0.3, 0.4) is 0 Å². The maximum Gasteiger partial charge on any atom is 0.348 e. The minimum absolute atomic E-state index is 0.0251. The van der Waals surface area contributed by atoms with Crippen molar-refractivity contribution in [1.29, 1.82) is 0 Å². The molecule has 0 aliphatic heterocycles. The molecule has 0 heterocycles. The molecule has 0 radical (unpaired) electrons. The first-order valence-corrected chi connectivity index (χ1v) is 5.68. The summed E-state index contributed by atoms with van der Waals surface area (Å²) in [6.07, 6.45) is 1.44. The zero-order valence-electron chi connectivity index (χ0n) is 9.88. The summed E-state index contributed by atoms with van der Waals surface area (Å²) in [7, 11) is 0. The molecule has 1 aliphatic rings. The van der Waals surface area contributed by atoms with E-state index in [9.17, 15) is 14.9 Å². The largest absolute Gasteiger partial charge is 0.478 e. The fourth-order valence-electron chi connectivity index (χ4n) is 1.70. The Balaban J connectivity index is 2.33. The summed E-state index contributed by atoms with van der Waals surface area (Å²) in [5.74, 6) is -1.05. The van der Waals surface area contributed by atoms with Gasteiger partial charge in [0.1, 0.15) is 0 Å². The van der Waals surface area contributed by atoms with Gasteiger partial charge in [-0.3, -0.25) is 10.1 Å². The van der Waals surface area contributed by atoms with Gasteiger partial charge in [0.25, 0.3) is 0 Å². The van der Waals surface area contributed by atoms with E-state index >= 15 is 0 Å². The van der Waals surface area contributed by atoms with Gasteiger partial charge in [-0.15, -0.1) is 0 Å². The van der Waals surface area contributed by atoms with Crippen LogP contribution in [0.2, 0.25) is 0 Å². The Labute approximate surface area is 103 Å². The van der Waals surface area contributed by atoms with E-state index < -0.39 is 16.5 Å². The molecule has 6 nitrogen and oxygen atoms in total. The number of aliphatic carboxylic acids is 1. The Bertz CT molecular complexity index is 507. The van der Waals surface area contributed by atoms with Crippen LogP contribution in [0, 0.1) is 10.1 Å². The number of nitro groups is 1. The number of hydrogen-bond acceptors (Lipinski definition) is 4. The maximum absolute atomic E-state index is 11.0. The highest BCUT2D eigenvalue weighted by molar-refractivity contribution is 5.81. The van der Waals surface area contributed by atoms with Crippen LogP contribution in [-0.4, -0.2) is 21.6 Å². The first-order chi connectivity index (χ1) is 8.48. The predicted octanol–water partition coefficient (Wildman–Crippen LogP) is 2.15. The van der Waals surface area contributed by atoms with E-state index in [4.69, 9.17) is 9.84 Å². The van der Waals surface area contributed by atoms with Crippen molar-refractivity contribution in [2.24, 2.45) is 0 Å². The second kappa shape index (κ2) is 4.29. The molecule has 96 valence electrons. The number of carboxylic acids is 1. The van der Waals surface area contributed by atoms with E-state index in [2.05, 4.69) is 0 Å². The highest BCUT2D eigenvalue weighted by Crippen LogP contribution is 2.43. The number of ether oxygens (including phenoxy) is 1. The molecule has 1 aromatic carbocycles. The molecule has 18 heavy (non-hydrogen) atoms. The number of carboxylic acid groups (broad SMARTS) is 1. The highest BCUT2D eigenvalue weighted by atomic mass is 16.6. The van der Waals surface area contributed by atoms with Crippen LogP contribution >= 0.6 is 0 Å². The van der Waals surface area contributed by atoms with Crippen LogP contribution in [0.15, 0.2) is 18.2 Å². The third-order valence-electron chi connectivity index (χ3n) is 3.03. The lowest BCUT2D eigenvalue weighted by atomic mass is 10.1. The summed E-state index contributed by atoms with van der Waals surface area (Å²) in [4.78, 5) is 21.4. The molecule has 0 atom stereocenters. The van der Waals surface area contributed by atoms with Gasteiger partial charge >= 0.3 is 11.7 Å². The lowest BCUT2D eigenvalue weighted by molar-refractivity contribution is -0.386. The van der Waals surface area contributed by atoms with Crippen molar-refractivity contribution >= 4 is 11.7 Å². The molecule has 0 saturated heterocycles. The zero-order valence-corrected chi connectivity index (χ0v) is 9.88. The molecule has 1 aliphatic carbocycles. The van der Waals surface area contributed by atoms with Crippen molar-refractivity contribution in [1.82, 2.24) is 0 Å². The Morgan fingerprint density at radius 2 is 2.22 bits per heavy atom. The summed E-state index contributed by atoms with van der Waals surface area (Å²) in [5, 5.41) is 19.9. The smallest absolute Gasteiger partial charge is 0.348 e. The minimum Gasteiger partial charge on any atom is -0.478 e. The molecule has 0 amide bonds. The Kier molecular flexibility index (Phi) is 2.94. The molecule has 1 aromatic rings. The normalized spacial score (nSPS) is 16.1. The molecule has 0 unspecified atom stereocenters. The zero-order chi connectivity index (χ0) is 13.3. The maximum atomic E-state index is 11.0. The van der Waals surface area contributed by atoms with Crippen molar-refractivity contribution in [3.63, 3.8) is 0 Å². The SMILES string of the molecule is CCc1ccc(OC2(C(=O)O)CC2)c([N+](=O)[O-])c1. The minimum atomic E-state index is -1.27. The first-order valence-electron chi connectivity index (χ1n) is 5.68. The number of hydrogen-bond donors (Lipinski definition) is 1. The molecule has 0 spiro atoms. The molecule has 6 heteroatoms. The van der Waals surface area contributed by atoms with Gasteiger partial charge in [0.15, 0.2) is 5.75 Å². The lowest BCUT2D eigenvalue weighted by Gasteiger charge is -2.13. The summed E-state index contributed by atoms with van der Waals surface area (Å²) in [6.45, 7) is 1.89. The van der Waals surface area contributed by atoms with Gasteiger partial charge in [0, 0.05) is 18.9 Å². The topological polar surface area (TPSA) is 89.7 Å². The van der Waals surface area contributed by atoms with Crippen molar-refractivity contribution in [2.75, 3.05) is 0 Å². The van der Waals surface area contributed by atoms with Crippen LogP contribution in [0.25, 0.3) is 0 Å². The van der Waals surface area contributed by atoms with Gasteiger partial charge in [-0.05, 0) is 18.1 Å². The number of benzene rings is 1. The number of rotatable bonds is 5. The monoisotopic (exact) mass is 251 g/mol. The molecule has 2 rings (SSSR count). The van der Waals surface area contributed by atoms with E-state index in [1.165, 1.54) is 12.1 Å². The molecular formula is C12H13NO5. The number of nitrogens with zero attached hydrogens (tertiary/aromatic N) is 1. The van der Waals surface area contributed by atoms with Gasteiger partial charge in [-0.2, -0.15) is 0 Å². The van der Waals surface area contributed by atoms with Gasteiger partial charge in [0.2, 0.25) is 5.60 Å². The molecule has 1 fully saturated rings. The summed E-state index contributed by atoms with van der Waals surface area (Å²) < 4.78 is 5.33. The van der Waals surface area contributed by atoms with E-state index in [1.807, 2.05) is 6.92 Å². The quantitative estimate of drug-likeness (QED) is 0.639. The van der Waals surface area contributed by atoms with Crippen LogP contribution in [0.5, 0.6) is 5.75 Å². The lowest BCUT2D eigenvalue weighted by Crippen LogP contribution is -2.29. The summed E-state index contributed by atoms with van der Waals surface area (Å²) in [5.41, 5.74) is -0.630. The van der Waals surface area contributed by atoms with Gasteiger partial charge < -0.3 is 9.84 Å². The van der Waals surface area contributed by atoms with E-state index in [1.54, 1.807) is 6.07 Å². The first kappa shape index (κ1) is 12.3. The van der Waals surface area contributed by atoms with Crippen molar-refractivity contribution in [3.05, 3.63) is 33.9 Å². The predicted molar refractivity (Wildman–Crippen MR) is 62.7 cm³/mol. The number of carbonyl (C=O) groups is 1. The Morgan fingerprint density at radius 3 is 2.67 bits per heavy atom. The van der Waals surface area contributed by atoms with Crippen LogP contribution in [-0.2, 0) is 11.2 Å². The number of aryl methyl sites for hydroxylation is 1. The van der Waals surface area contributed by atoms with Crippen LogP contribution < -0.4 is 4.74 Å². The van der Waals surface area contributed by atoms with Gasteiger partial charge in [0.05, 0.1) is 4.92 Å². The number of nitro benzene ring substituents is 1. The summed E-state index contributed by atoms with van der Waals surface area (Å²) >= 11 is 0. The van der Waals surface area contributed by atoms with E-state index in [0.29, 0.717) is 19.3 Å². The van der Waals surface area contributed by atoms with Gasteiger partial charge in [-0.1, -0.05) is 13.0 Å². The third kappa shape index (κ3) is 2.13. The highest BCUT2D eigenvalue weighted by Gasteiger charge is 2.54. The average Bonchev–Trinajstić information content (AvgIpc) is 3.10. The standard InChI is InChI=1S/C12H13NO5/c1-2-8-3-4-10(9(7-8)13(16)17)18-12(5-6-12)11(14)15/h3-4,7H,2,5-6H2,1H3,(H,14,15). The molecule has 0 aromatic heterocycles. The fraction of sp³-hybridized carbons (Fsp3) is 0.417. The second-order valence-corrected chi connectivity index (χ2v) is 4.31. The molecule has 0 bridgehead atoms. The summed E-state index contributed by atoms with van der Waals surface area (Å²) in [6, 6.07) is 4.60. The Morgan fingerprint density at radius 1 is 1.56 bits per heavy atom. The van der Waals surface area contributed by atoms with Crippen molar-refractivity contribution in [3.8, 4) is 5.75 Å². The van der Waals surface area contributed by atoms with Crippen LogP contribution in [0.4, 0.5) is 5.69 Å². The average molecular weight is 251 g/mol. The van der Waals surface area contributed by atoms with Crippen LogP contribution in [0.1, 0.15) is 25.3 Å². The second-order valence-electron chi connectivity index (χ2n) is 4.31. The van der Waals surface area contributed by atoms with Gasteiger partial charge in [-0.25, -0.2) is 4.79 Å². The molecular weight excluding hydrogens is 238 g/mol. The Hall–Kier alpha value is -2.11. The van der Waals surface area contributed by atoms with Crippen molar-refractivity contribution < 1.29 is 19.6 Å². The van der Waals surface area contributed by atoms with E-state index in [0.717, 1.165) is 5.56 Å². The fourth-order valence-corrected chi connectivity index (χ4v) is 1.70. The molecule has 1 N–H and O–H groups in total. The van der Waals surface area contributed by atoms with E-state index in [-0.39, 0.29) is 11.4 Å². The third-order valence-corrected chi connectivity index (χ3v) is 3.03.